The molecule has 11 heteroatoms. The van der Waals surface area contributed by atoms with Crippen LogP contribution in [0.25, 0.3) is 0 Å². The van der Waals surface area contributed by atoms with E-state index in [1.165, 1.54) is 28.8 Å². The number of ether oxygens (including phenoxy) is 1. The van der Waals surface area contributed by atoms with Crippen LogP contribution >= 0.6 is 11.3 Å². The molecule has 0 saturated heterocycles. The third-order valence-corrected chi connectivity index (χ3v) is 3.69. The summed E-state index contributed by atoms with van der Waals surface area (Å²) in [5, 5.41) is 13.3. The van der Waals surface area contributed by atoms with Crippen LogP contribution in [0.2, 0.25) is 0 Å². The molecule has 25 heavy (non-hydrogen) atoms. The van der Waals surface area contributed by atoms with Crippen molar-refractivity contribution in [1.29, 1.82) is 0 Å². The molecule has 134 valence electrons. The summed E-state index contributed by atoms with van der Waals surface area (Å²) in [7, 11) is 0. The van der Waals surface area contributed by atoms with Crippen molar-refractivity contribution < 1.29 is 32.6 Å². The first-order valence-corrected chi connectivity index (χ1v) is 7.74. The molecule has 0 radical (unpaired) electrons. The van der Waals surface area contributed by atoms with Gasteiger partial charge in [-0.25, -0.2) is 14.8 Å². The van der Waals surface area contributed by atoms with Crippen molar-refractivity contribution in [2.75, 3.05) is 13.2 Å². The summed E-state index contributed by atoms with van der Waals surface area (Å²) in [5.41, 5.74) is 0.106. The van der Waals surface area contributed by atoms with Gasteiger partial charge in [-0.15, -0.1) is 11.3 Å². The van der Waals surface area contributed by atoms with E-state index in [9.17, 15) is 22.8 Å². The van der Waals surface area contributed by atoms with Gasteiger partial charge in [-0.05, 0) is 6.07 Å². The Morgan fingerprint density at radius 2 is 2.08 bits per heavy atom. The van der Waals surface area contributed by atoms with E-state index < -0.39 is 24.7 Å². The number of nitrogens with zero attached hydrogens (tertiary/aromatic N) is 2. The zero-order chi connectivity index (χ0) is 18.4. The van der Waals surface area contributed by atoms with E-state index in [0.29, 0.717) is 11.4 Å². The molecule has 0 bridgehead atoms. The van der Waals surface area contributed by atoms with E-state index in [4.69, 9.17) is 5.11 Å². The molecular weight excluding hydrogens is 363 g/mol. The van der Waals surface area contributed by atoms with E-state index in [2.05, 4.69) is 20.0 Å². The topological polar surface area (TPSA) is 101 Å². The number of pyridine rings is 1. The van der Waals surface area contributed by atoms with Gasteiger partial charge in [-0.3, -0.25) is 4.79 Å². The standard InChI is InChI=1S/C14H12F3N3O4S/c15-14(16,17)7-24-10-2-1-8(5-19-10)12(21)18-4-3-11-20-9(6-25-11)13(22)23/h1-2,5-6H,3-4,7H2,(H,18,21)(H,22,23). The number of rotatable bonds is 7. The second kappa shape index (κ2) is 7.92. The number of aromatic nitrogens is 2. The second-order valence-corrected chi connectivity index (χ2v) is 5.67. The van der Waals surface area contributed by atoms with Gasteiger partial charge in [0.1, 0.15) is 0 Å². The molecule has 2 aromatic rings. The lowest BCUT2D eigenvalue weighted by atomic mass is 10.2. The van der Waals surface area contributed by atoms with Gasteiger partial charge in [0.15, 0.2) is 12.3 Å². The van der Waals surface area contributed by atoms with Crippen molar-refractivity contribution in [1.82, 2.24) is 15.3 Å². The normalized spacial score (nSPS) is 11.2. The fourth-order valence-corrected chi connectivity index (χ4v) is 2.44. The highest BCUT2D eigenvalue weighted by atomic mass is 32.1. The number of halogens is 3. The molecule has 0 aliphatic carbocycles. The smallest absolute Gasteiger partial charge is 0.422 e. The maximum atomic E-state index is 12.0. The number of aromatic carboxylic acids is 1. The Hall–Kier alpha value is -2.69. The quantitative estimate of drug-likeness (QED) is 0.769. The molecule has 7 nitrogen and oxygen atoms in total. The molecule has 0 fully saturated rings. The fraction of sp³-hybridized carbons (Fsp3) is 0.286. The van der Waals surface area contributed by atoms with Crippen molar-refractivity contribution >= 4 is 23.2 Å². The molecule has 2 rings (SSSR count). The number of hydrogen-bond acceptors (Lipinski definition) is 6. The van der Waals surface area contributed by atoms with Gasteiger partial charge in [0, 0.05) is 30.6 Å². The van der Waals surface area contributed by atoms with E-state index in [0.717, 1.165) is 6.20 Å². The first-order chi connectivity index (χ1) is 11.7. The molecule has 1 amide bonds. The summed E-state index contributed by atoms with van der Waals surface area (Å²) in [4.78, 5) is 30.1. The Kier molecular flexibility index (Phi) is 5.91. The lowest BCUT2D eigenvalue weighted by molar-refractivity contribution is -0.154. The van der Waals surface area contributed by atoms with Crippen LogP contribution in [0.5, 0.6) is 5.88 Å². The van der Waals surface area contributed by atoms with Crippen molar-refractivity contribution in [2.45, 2.75) is 12.6 Å². The predicted molar refractivity (Wildman–Crippen MR) is 80.9 cm³/mol. The summed E-state index contributed by atoms with van der Waals surface area (Å²) in [6.07, 6.45) is -3.01. The van der Waals surface area contributed by atoms with Gasteiger partial charge < -0.3 is 15.2 Å². The Morgan fingerprint density at radius 1 is 1.32 bits per heavy atom. The molecule has 0 aliphatic heterocycles. The van der Waals surface area contributed by atoms with Crippen molar-refractivity contribution in [2.24, 2.45) is 0 Å². The summed E-state index contributed by atoms with van der Waals surface area (Å²) < 4.78 is 40.5. The highest BCUT2D eigenvalue weighted by Crippen LogP contribution is 2.17. The minimum Gasteiger partial charge on any atom is -0.476 e. The van der Waals surface area contributed by atoms with Crippen LogP contribution < -0.4 is 10.1 Å². The summed E-state index contributed by atoms with van der Waals surface area (Å²) >= 11 is 1.17. The lowest BCUT2D eigenvalue weighted by Gasteiger charge is -2.08. The second-order valence-electron chi connectivity index (χ2n) is 4.73. The third-order valence-electron chi connectivity index (χ3n) is 2.78. The molecule has 0 unspecified atom stereocenters. The van der Waals surface area contributed by atoms with Crippen LogP contribution in [0.3, 0.4) is 0 Å². The van der Waals surface area contributed by atoms with Crippen LogP contribution in [0, 0.1) is 0 Å². The molecular formula is C14H12F3N3O4S. The number of carbonyl (C=O) groups is 2. The summed E-state index contributed by atoms with van der Waals surface area (Å²) in [6, 6.07) is 2.46. The maximum absolute atomic E-state index is 12.0. The zero-order valence-corrected chi connectivity index (χ0v) is 13.4. The lowest BCUT2D eigenvalue weighted by Crippen LogP contribution is -2.26. The molecule has 0 atom stereocenters. The van der Waals surface area contributed by atoms with Gasteiger partial charge >= 0.3 is 12.1 Å². The SMILES string of the molecule is O=C(NCCc1nc(C(=O)O)cs1)c1ccc(OCC(F)(F)F)nc1. The largest absolute Gasteiger partial charge is 0.476 e. The molecule has 2 aromatic heterocycles. The number of thiazole rings is 1. The summed E-state index contributed by atoms with van der Waals surface area (Å²) in [5.74, 6) is -1.83. The molecule has 2 heterocycles. The molecule has 0 spiro atoms. The van der Waals surface area contributed by atoms with Crippen LogP contribution in [0.15, 0.2) is 23.7 Å². The maximum Gasteiger partial charge on any atom is 0.422 e. The zero-order valence-electron chi connectivity index (χ0n) is 12.5. The Bertz CT molecular complexity index is 747. The molecule has 0 aromatic carbocycles. The van der Waals surface area contributed by atoms with Gasteiger partial charge in [0.2, 0.25) is 5.88 Å². The molecule has 0 aliphatic rings. The molecule has 2 N–H and O–H groups in total. The number of carboxylic acid groups (broad SMARTS) is 1. The number of alkyl halides is 3. The Balaban J connectivity index is 1.81. The van der Waals surface area contributed by atoms with Crippen LogP contribution in [0.1, 0.15) is 25.9 Å². The van der Waals surface area contributed by atoms with Crippen molar-refractivity contribution in [3.63, 3.8) is 0 Å². The number of hydrogen-bond donors (Lipinski definition) is 2. The molecule has 0 saturated carbocycles. The van der Waals surface area contributed by atoms with Crippen molar-refractivity contribution in [3.8, 4) is 5.88 Å². The first kappa shape index (κ1) is 18.6. The number of amides is 1. The predicted octanol–water partition coefficient (Wildman–Crippen LogP) is 2.15. The average molecular weight is 375 g/mol. The van der Waals surface area contributed by atoms with Gasteiger partial charge in [-0.1, -0.05) is 0 Å². The minimum absolute atomic E-state index is 0.0510. The Labute approximate surface area is 143 Å². The van der Waals surface area contributed by atoms with E-state index in [1.807, 2.05) is 0 Å². The van der Waals surface area contributed by atoms with Crippen LogP contribution in [0.4, 0.5) is 13.2 Å². The monoisotopic (exact) mass is 375 g/mol. The fourth-order valence-electron chi connectivity index (χ4n) is 1.66. The van der Waals surface area contributed by atoms with Crippen LogP contribution in [-0.2, 0) is 6.42 Å². The van der Waals surface area contributed by atoms with E-state index in [-0.39, 0.29) is 23.7 Å². The van der Waals surface area contributed by atoms with E-state index in [1.54, 1.807) is 0 Å². The third kappa shape index (κ3) is 6.03. The minimum atomic E-state index is -4.46. The Morgan fingerprint density at radius 3 is 2.64 bits per heavy atom. The van der Waals surface area contributed by atoms with Gasteiger partial charge in [0.05, 0.1) is 10.6 Å². The summed E-state index contributed by atoms with van der Waals surface area (Å²) in [6.45, 7) is -1.24. The highest BCUT2D eigenvalue weighted by molar-refractivity contribution is 7.09. The number of carboxylic acids is 1. The number of nitrogens with one attached hydrogen (secondary N) is 1. The average Bonchev–Trinajstić information content (AvgIpc) is 3.02. The van der Waals surface area contributed by atoms with Crippen molar-refractivity contribution in [3.05, 3.63) is 40.0 Å². The number of carbonyl (C=O) groups excluding carboxylic acids is 1. The van der Waals surface area contributed by atoms with Gasteiger partial charge in [-0.2, -0.15) is 13.2 Å². The van der Waals surface area contributed by atoms with Gasteiger partial charge in [0.25, 0.3) is 5.91 Å². The van der Waals surface area contributed by atoms with Crippen LogP contribution in [-0.4, -0.2) is 46.3 Å². The highest BCUT2D eigenvalue weighted by Gasteiger charge is 2.28. The van der Waals surface area contributed by atoms with E-state index >= 15 is 0 Å². The first-order valence-electron chi connectivity index (χ1n) is 6.86.